The number of hydrogen-bond donors (Lipinski definition) is 1. The van der Waals surface area contributed by atoms with Gasteiger partial charge in [0.1, 0.15) is 12.2 Å². The molecular weight excluding hydrogens is 252 g/mol. The molecule has 18 heavy (non-hydrogen) atoms. The van der Waals surface area contributed by atoms with Crippen LogP contribution in [-0.2, 0) is 4.74 Å². The predicted molar refractivity (Wildman–Crippen MR) is 67.7 cm³/mol. The highest BCUT2D eigenvalue weighted by Crippen LogP contribution is 2.14. The van der Waals surface area contributed by atoms with Gasteiger partial charge in [0.15, 0.2) is 0 Å². The number of halogens is 1. The van der Waals surface area contributed by atoms with Gasteiger partial charge in [-0.1, -0.05) is 29.7 Å². The van der Waals surface area contributed by atoms with Crippen LogP contribution in [0.3, 0.4) is 0 Å². The Morgan fingerprint density at radius 1 is 1.56 bits per heavy atom. The van der Waals surface area contributed by atoms with Crippen LogP contribution in [0.2, 0.25) is 5.02 Å². The fraction of sp³-hybridized carbons (Fsp3) is 0.231. The number of nitrogens with zero attached hydrogens (tertiary/aromatic N) is 1. The maximum atomic E-state index is 11.8. The first kappa shape index (κ1) is 14.1. The maximum Gasteiger partial charge on any atom is 0.255 e. The van der Waals surface area contributed by atoms with E-state index in [2.05, 4.69) is 11.2 Å². The normalized spacial score (nSPS) is 12.9. The molecule has 4 nitrogen and oxygen atoms in total. The maximum absolute atomic E-state index is 11.8. The molecule has 0 aromatic heterocycles. The summed E-state index contributed by atoms with van der Waals surface area (Å²) < 4.78 is 5.11. The van der Waals surface area contributed by atoms with Crippen molar-refractivity contribution in [3.05, 3.63) is 34.9 Å². The summed E-state index contributed by atoms with van der Waals surface area (Å²) >= 11 is 5.86. The minimum Gasteiger partial charge on any atom is -0.329 e. The van der Waals surface area contributed by atoms with E-state index in [0.29, 0.717) is 5.02 Å². The average molecular weight is 263 g/mol. The minimum absolute atomic E-state index is 0.274. The molecule has 0 saturated heterocycles. The van der Waals surface area contributed by atoms with Gasteiger partial charge in [-0.2, -0.15) is 5.26 Å². The summed E-state index contributed by atoms with van der Waals surface area (Å²) in [5, 5.41) is 11.5. The Bertz CT molecular complexity index is 516. The molecule has 1 aromatic carbocycles. The number of hydrogen-bond acceptors (Lipinski definition) is 3. The molecule has 0 spiro atoms. The van der Waals surface area contributed by atoms with Gasteiger partial charge in [-0.15, -0.1) is 6.42 Å². The Morgan fingerprint density at radius 2 is 2.22 bits per heavy atom. The lowest BCUT2D eigenvalue weighted by atomic mass is 10.2. The summed E-state index contributed by atoms with van der Waals surface area (Å²) in [6, 6.07) is 8.31. The van der Waals surface area contributed by atoms with Crippen LogP contribution in [0.1, 0.15) is 17.3 Å². The second-order valence-electron chi connectivity index (χ2n) is 3.41. The van der Waals surface area contributed by atoms with Crippen molar-refractivity contribution < 1.29 is 9.53 Å². The summed E-state index contributed by atoms with van der Waals surface area (Å²) in [5.74, 6) is 1.81. The third kappa shape index (κ3) is 3.78. The largest absolute Gasteiger partial charge is 0.329 e. The van der Waals surface area contributed by atoms with Crippen molar-refractivity contribution in [3.8, 4) is 18.4 Å². The minimum atomic E-state index is -1.11. The van der Waals surface area contributed by atoms with Crippen LogP contribution in [0, 0.1) is 23.7 Å². The Morgan fingerprint density at radius 3 is 2.78 bits per heavy atom. The molecule has 0 heterocycles. The van der Waals surface area contributed by atoms with Gasteiger partial charge < -0.3 is 10.1 Å². The smallest absolute Gasteiger partial charge is 0.255 e. The van der Waals surface area contributed by atoms with Gasteiger partial charge in [-0.05, 0) is 19.1 Å². The first-order valence-electron chi connectivity index (χ1n) is 5.15. The average Bonchev–Trinajstić information content (AvgIpc) is 2.38. The van der Waals surface area contributed by atoms with Crippen LogP contribution >= 0.6 is 11.6 Å². The van der Waals surface area contributed by atoms with Crippen molar-refractivity contribution in [3.63, 3.8) is 0 Å². The zero-order chi connectivity index (χ0) is 13.5. The fourth-order valence-electron chi connectivity index (χ4n) is 1.18. The SMILES string of the molecule is C#CC(C)OC(C#N)NC(=O)c1ccccc1Cl. The third-order valence-electron chi connectivity index (χ3n) is 2.07. The number of carbonyl (C=O) groups excluding carboxylic acids is 1. The summed E-state index contributed by atoms with van der Waals surface area (Å²) in [6.07, 6.45) is 3.44. The lowest BCUT2D eigenvalue weighted by Crippen LogP contribution is -2.37. The summed E-state index contributed by atoms with van der Waals surface area (Å²) in [5.41, 5.74) is 0.274. The highest BCUT2D eigenvalue weighted by molar-refractivity contribution is 6.33. The number of carbonyl (C=O) groups is 1. The van der Waals surface area contributed by atoms with Gasteiger partial charge in [-0.3, -0.25) is 4.79 Å². The molecule has 5 heteroatoms. The molecule has 2 atom stereocenters. The number of rotatable bonds is 4. The number of benzene rings is 1. The molecule has 1 amide bonds. The molecule has 2 unspecified atom stereocenters. The molecule has 0 bridgehead atoms. The number of terminal acetylenes is 1. The quantitative estimate of drug-likeness (QED) is 0.666. The van der Waals surface area contributed by atoms with E-state index >= 15 is 0 Å². The molecule has 92 valence electrons. The Kier molecular flexibility index (Phi) is 5.20. The van der Waals surface area contributed by atoms with Crippen LogP contribution in [0.15, 0.2) is 24.3 Å². The third-order valence-corrected chi connectivity index (χ3v) is 2.40. The van der Waals surface area contributed by atoms with Gasteiger partial charge in [0.2, 0.25) is 6.23 Å². The molecule has 0 aliphatic heterocycles. The standard InChI is InChI=1S/C13H11ClN2O2/c1-3-9(2)18-12(8-15)16-13(17)10-6-4-5-7-11(10)14/h1,4-7,9,12H,2H3,(H,16,17). The molecular formula is C13H11ClN2O2. The van der Waals surface area contributed by atoms with E-state index in [9.17, 15) is 4.79 Å². The van der Waals surface area contributed by atoms with Crippen molar-refractivity contribution in [1.82, 2.24) is 5.32 Å². The monoisotopic (exact) mass is 262 g/mol. The molecule has 0 aliphatic rings. The van der Waals surface area contributed by atoms with Gasteiger partial charge in [0, 0.05) is 0 Å². The van der Waals surface area contributed by atoms with Gasteiger partial charge in [0.25, 0.3) is 5.91 Å². The lowest BCUT2D eigenvalue weighted by molar-refractivity contribution is 0.0377. The van der Waals surface area contributed by atoms with E-state index in [1.807, 2.05) is 0 Å². The molecule has 0 fully saturated rings. The number of ether oxygens (including phenoxy) is 1. The van der Waals surface area contributed by atoms with E-state index in [1.165, 1.54) is 0 Å². The lowest BCUT2D eigenvalue weighted by Gasteiger charge is -2.15. The number of nitrogens with one attached hydrogen (secondary N) is 1. The second-order valence-corrected chi connectivity index (χ2v) is 3.81. The zero-order valence-electron chi connectivity index (χ0n) is 9.68. The first-order chi connectivity index (χ1) is 8.58. The Labute approximate surface area is 111 Å². The van der Waals surface area contributed by atoms with Crippen LogP contribution in [0.5, 0.6) is 0 Å². The molecule has 1 rings (SSSR count). The molecule has 0 aliphatic carbocycles. The van der Waals surface area contributed by atoms with Gasteiger partial charge >= 0.3 is 0 Å². The van der Waals surface area contributed by atoms with Crippen molar-refractivity contribution in [2.45, 2.75) is 19.3 Å². The van der Waals surface area contributed by atoms with Crippen LogP contribution in [-0.4, -0.2) is 18.2 Å². The van der Waals surface area contributed by atoms with Gasteiger partial charge in [0.05, 0.1) is 10.6 Å². The van der Waals surface area contributed by atoms with Crippen molar-refractivity contribution >= 4 is 17.5 Å². The van der Waals surface area contributed by atoms with E-state index in [-0.39, 0.29) is 5.56 Å². The van der Waals surface area contributed by atoms with Crippen LogP contribution in [0.4, 0.5) is 0 Å². The van der Waals surface area contributed by atoms with Gasteiger partial charge in [-0.25, -0.2) is 0 Å². The van der Waals surface area contributed by atoms with E-state index < -0.39 is 18.2 Å². The Balaban J connectivity index is 2.73. The van der Waals surface area contributed by atoms with Crippen LogP contribution < -0.4 is 5.32 Å². The summed E-state index contributed by atoms with van der Waals surface area (Å²) in [6.45, 7) is 1.60. The molecule has 0 saturated carbocycles. The summed E-state index contributed by atoms with van der Waals surface area (Å²) in [7, 11) is 0. The molecule has 1 N–H and O–H groups in total. The fourth-order valence-corrected chi connectivity index (χ4v) is 1.40. The first-order valence-corrected chi connectivity index (χ1v) is 5.53. The summed E-state index contributed by atoms with van der Waals surface area (Å²) in [4.78, 5) is 11.8. The van der Waals surface area contributed by atoms with Crippen molar-refractivity contribution in [2.75, 3.05) is 0 Å². The highest BCUT2D eigenvalue weighted by Gasteiger charge is 2.16. The molecule has 1 aromatic rings. The predicted octanol–water partition coefficient (Wildman–Crippen LogP) is 1.96. The van der Waals surface area contributed by atoms with E-state index in [1.54, 1.807) is 37.3 Å². The highest BCUT2D eigenvalue weighted by atomic mass is 35.5. The van der Waals surface area contributed by atoms with Crippen LogP contribution in [0.25, 0.3) is 0 Å². The topological polar surface area (TPSA) is 62.1 Å². The van der Waals surface area contributed by atoms with Crippen molar-refractivity contribution in [2.24, 2.45) is 0 Å². The van der Waals surface area contributed by atoms with E-state index in [4.69, 9.17) is 28.0 Å². The Hall–Kier alpha value is -2.01. The number of amides is 1. The number of nitriles is 1. The van der Waals surface area contributed by atoms with E-state index in [0.717, 1.165) is 0 Å². The second kappa shape index (κ2) is 6.66. The van der Waals surface area contributed by atoms with Crippen molar-refractivity contribution in [1.29, 1.82) is 5.26 Å². The molecule has 0 radical (unpaired) electrons. The zero-order valence-corrected chi connectivity index (χ0v) is 10.4.